The number of nitrogens with two attached hydrogens (primary N) is 1. The summed E-state index contributed by atoms with van der Waals surface area (Å²) in [6.45, 7) is 3.77. The molecule has 7 heteroatoms. The zero-order valence-electron chi connectivity index (χ0n) is 8.26. The van der Waals surface area contributed by atoms with Crippen molar-refractivity contribution in [2.75, 3.05) is 6.26 Å². The molecule has 0 amide bonds. The number of nitrogens with zero attached hydrogens (tertiary/aromatic N) is 2. The van der Waals surface area contributed by atoms with Crippen LogP contribution in [0.15, 0.2) is 9.64 Å². The van der Waals surface area contributed by atoms with Gasteiger partial charge in [-0.25, -0.2) is 8.42 Å². The molecule has 0 saturated heterocycles. The lowest BCUT2D eigenvalue weighted by molar-refractivity contribution is 0.342. The molecule has 0 bridgehead atoms. The molecule has 14 heavy (non-hydrogen) atoms. The van der Waals surface area contributed by atoms with E-state index in [2.05, 4.69) is 10.2 Å². The molecule has 0 fully saturated rings. The zero-order valence-corrected chi connectivity index (χ0v) is 9.08. The Morgan fingerprint density at radius 1 is 1.36 bits per heavy atom. The van der Waals surface area contributed by atoms with Gasteiger partial charge in [-0.3, -0.25) is 0 Å². The Labute approximate surface area is 82.4 Å². The molecule has 0 unspecified atom stereocenters. The molecule has 0 aliphatic rings. The molecule has 0 aromatic carbocycles. The van der Waals surface area contributed by atoms with Gasteiger partial charge in [-0.15, -0.1) is 5.10 Å². The molecule has 1 heterocycles. The third-order valence-electron chi connectivity index (χ3n) is 1.74. The van der Waals surface area contributed by atoms with Gasteiger partial charge in [0.05, 0.1) is 6.04 Å². The Morgan fingerprint density at radius 3 is 2.29 bits per heavy atom. The van der Waals surface area contributed by atoms with Gasteiger partial charge in [-0.2, -0.15) is 0 Å². The highest BCUT2D eigenvalue weighted by Crippen LogP contribution is 2.18. The second-order valence-corrected chi connectivity index (χ2v) is 5.34. The predicted octanol–water partition coefficient (Wildman–Crippen LogP) is 0.129. The fraction of sp³-hybridized carbons (Fsp3) is 0.714. The van der Waals surface area contributed by atoms with Gasteiger partial charge < -0.3 is 10.2 Å². The van der Waals surface area contributed by atoms with Crippen LogP contribution in [-0.4, -0.2) is 24.9 Å². The average Bonchev–Trinajstić information content (AvgIpc) is 2.49. The van der Waals surface area contributed by atoms with Crippen molar-refractivity contribution in [3.8, 4) is 0 Å². The minimum atomic E-state index is -3.44. The van der Waals surface area contributed by atoms with E-state index in [1.165, 1.54) is 0 Å². The average molecular weight is 219 g/mol. The van der Waals surface area contributed by atoms with Crippen molar-refractivity contribution in [1.82, 2.24) is 10.2 Å². The minimum absolute atomic E-state index is 0.114. The lowest BCUT2D eigenvalue weighted by atomic mass is 10.1. The monoisotopic (exact) mass is 219 g/mol. The van der Waals surface area contributed by atoms with E-state index in [1.807, 2.05) is 13.8 Å². The van der Waals surface area contributed by atoms with Crippen molar-refractivity contribution in [2.24, 2.45) is 11.7 Å². The summed E-state index contributed by atoms with van der Waals surface area (Å²) in [4.78, 5) is 0. The van der Waals surface area contributed by atoms with Gasteiger partial charge in [-0.1, -0.05) is 18.9 Å². The molecule has 0 aliphatic heterocycles. The summed E-state index contributed by atoms with van der Waals surface area (Å²) in [7, 11) is -3.44. The Balaban J connectivity index is 3.00. The number of aromatic nitrogens is 2. The third-order valence-corrected chi connectivity index (χ3v) is 2.54. The first-order valence-corrected chi connectivity index (χ1v) is 6.00. The van der Waals surface area contributed by atoms with Crippen molar-refractivity contribution in [1.29, 1.82) is 0 Å². The van der Waals surface area contributed by atoms with Gasteiger partial charge in [0, 0.05) is 6.26 Å². The molecule has 1 aromatic rings. The molecule has 1 atom stereocenters. The summed E-state index contributed by atoms with van der Waals surface area (Å²) in [6.07, 6.45) is 1.01. The molecule has 1 aromatic heterocycles. The van der Waals surface area contributed by atoms with Gasteiger partial charge in [0.2, 0.25) is 15.7 Å². The number of sulfone groups is 1. The number of hydrogen-bond acceptors (Lipinski definition) is 6. The molecule has 0 radical (unpaired) electrons. The number of hydrogen-bond donors (Lipinski definition) is 1. The first kappa shape index (κ1) is 11.1. The van der Waals surface area contributed by atoms with E-state index in [1.54, 1.807) is 0 Å². The Bertz CT molecular complexity index is 410. The summed E-state index contributed by atoms with van der Waals surface area (Å²) >= 11 is 0. The Hall–Kier alpha value is -0.950. The van der Waals surface area contributed by atoms with Gasteiger partial charge in [0.15, 0.2) is 0 Å². The van der Waals surface area contributed by atoms with E-state index < -0.39 is 15.9 Å². The van der Waals surface area contributed by atoms with E-state index >= 15 is 0 Å². The van der Waals surface area contributed by atoms with Crippen LogP contribution in [0, 0.1) is 5.92 Å². The molecular formula is C7H13N3O3S. The van der Waals surface area contributed by atoms with Crippen LogP contribution in [0.1, 0.15) is 25.8 Å². The van der Waals surface area contributed by atoms with Crippen LogP contribution in [-0.2, 0) is 9.84 Å². The molecule has 2 N–H and O–H groups in total. The van der Waals surface area contributed by atoms with Gasteiger partial charge in [-0.05, 0) is 5.92 Å². The second-order valence-electron chi connectivity index (χ2n) is 3.45. The fourth-order valence-corrected chi connectivity index (χ4v) is 1.22. The number of rotatable bonds is 3. The second kappa shape index (κ2) is 3.66. The van der Waals surface area contributed by atoms with Crippen LogP contribution >= 0.6 is 0 Å². The van der Waals surface area contributed by atoms with Crippen LogP contribution in [0.4, 0.5) is 0 Å². The van der Waals surface area contributed by atoms with Crippen LogP contribution in [0.25, 0.3) is 0 Å². The Kier molecular flexibility index (Phi) is 2.91. The van der Waals surface area contributed by atoms with E-state index in [4.69, 9.17) is 10.2 Å². The van der Waals surface area contributed by atoms with Crippen LogP contribution in [0.5, 0.6) is 0 Å². The largest absolute Gasteiger partial charge is 0.411 e. The van der Waals surface area contributed by atoms with Gasteiger partial charge >= 0.3 is 5.22 Å². The van der Waals surface area contributed by atoms with Gasteiger partial charge in [0.25, 0.3) is 0 Å². The van der Waals surface area contributed by atoms with Crippen LogP contribution in [0.2, 0.25) is 0 Å². The van der Waals surface area contributed by atoms with Gasteiger partial charge in [0.1, 0.15) is 0 Å². The fourth-order valence-electron chi connectivity index (χ4n) is 0.790. The summed E-state index contributed by atoms with van der Waals surface area (Å²) in [5, 5.41) is 6.60. The standard InChI is InChI=1S/C7H13N3O3S/c1-4(2)5(8)6-9-10-7(13-6)14(3,11)12/h4-5H,8H2,1-3H3/t5-/m0/s1. The minimum Gasteiger partial charge on any atom is -0.411 e. The van der Waals surface area contributed by atoms with E-state index in [0.29, 0.717) is 0 Å². The molecule has 1 rings (SSSR count). The molecule has 80 valence electrons. The molecule has 0 saturated carbocycles. The SMILES string of the molecule is CC(C)[C@H](N)c1nnc(S(C)(=O)=O)o1. The lowest BCUT2D eigenvalue weighted by Crippen LogP contribution is -2.16. The van der Waals surface area contributed by atoms with Crippen molar-refractivity contribution in [3.05, 3.63) is 5.89 Å². The normalized spacial score (nSPS) is 14.6. The first-order valence-electron chi connectivity index (χ1n) is 4.11. The van der Waals surface area contributed by atoms with Crippen molar-refractivity contribution in [3.63, 3.8) is 0 Å². The van der Waals surface area contributed by atoms with Crippen LogP contribution < -0.4 is 5.73 Å². The van der Waals surface area contributed by atoms with Crippen molar-refractivity contribution in [2.45, 2.75) is 25.1 Å². The Morgan fingerprint density at radius 2 is 1.93 bits per heavy atom. The maximum Gasteiger partial charge on any atom is 0.335 e. The molecule has 0 aliphatic carbocycles. The van der Waals surface area contributed by atoms with Crippen molar-refractivity contribution < 1.29 is 12.8 Å². The molecule has 0 spiro atoms. The highest BCUT2D eigenvalue weighted by molar-refractivity contribution is 7.90. The smallest absolute Gasteiger partial charge is 0.335 e. The summed E-state index contributed by atoms with van der Waals surface area (Å²) in [5.41, 5.74) is 5.70. The molecule has 6 nitrogen and oxygen atoms in total. The highest BCUT2D eigenvalue weighted by Gasteiger charge is 2.21. The summed E-state index contributed by atoms with van der Waals surface area (Å²) in [6, 6.07) is -0.432. The zero-order chi connectivity index (χ0) is 10.9. The summed E-state index contributed by atoms with van der Waals surface area (Å²) < 4.78 is 26.9. The topological polar surface area (TPSA) is 99.1 Å². The summed E-state index contributed by atoms with van der Waals surface area (Å²) in [5.74, 6) is 0.267. The maximum atomic E-state index is 11.0. The quantitative estimate of drug-likeness (QED) is 0.775. The maximum absolute atomic E-state index is 11.0. The lowest BCUT2D eigenvalue weighted by Gasteiger charge is -2.09. The highest BCUT2D eigenvalue weighted by atomic mass is 32.2. The van der Waals surface area contributed by atoms with E-state index in [9.17, 15) is 8.42 Å². The first-order chi connectivity index (χ1) is 6.32. The van der Waals surface area contributed by atoms with Crippen LogP contribution in [0.3, 0.4) is 0 Å². The predicted molar refractivity (Wildman–Crippen MR) is 49.2 cm³/mol. The molecular weight excluding hydrogens is 206 g/mol. The van der Waals surface area contributed by atoms with E-state index in [-0.39, 0.29) is 17.0 Å². The third kappa shape index (κ3) is 2.30. The van der Waals surface area contributed by atoms with E-state index in [0.717, 1.165) is 6.26 Å². The van der Waals surface area contributed by atoms with Crippen molar-refractivity contribution >= 4 is 9.84 Å².